The van der Waals surface area contributed by atoms with Gasteiger partial charge in [0.25, 0.3) is 0 Å². The molecule has 8 heteroatoms. The second-order valence-electron chi connectivity index (χ2n) is 8.31. The molecular formula is C21H26F3N2O3. The van der Waals surface area contributed by atoms with Crippen LogP contribution in [0.4, 0.5) is 13.2 Å². The minimum atomic E-state index is -4.68. The molecule has 1 aromatic rings. The molecule has 5 nitrogen and oxygen atoms in total. The van der Waals surface area contributed by atoms with E-state index in [0.29, 0.717) is 24.3 Å². The number of aliphatic hydroxyl groups is 1. The number of hydrogen-bond donors (Lipinski definition) is 1. The van der Waals surface area contributed by atoms with E-state index in [1.54, 1.807) is 12.1 Å². The van der Waals surface area contributed by atoms with E-state index in [2.05, 4.69) is 9.64 Å². The summed E-state index contributed by atoms with van der Waals surface area (Å²) < 4.78 is 41.0. The van der Waals surface area contributed by atoms with Crippen molar-refractivity contribution in [2.45, 2.75) is 31.7 Å². The summed E-state index contributed by atoms with van der Waals surface area (Å²) in [6.45, 7) is 2.97. The average Bonchev–Trinajstić information content (AvgIpc) is 3.03. The molecule has 1 radical (unpaired) electrons. The Labute approximate surface area is 168 Å². The van der Waals surface area contributed by atoms with Crippen molar-refractivity contribution < 1.29 is 27.8 Å². The van der Waals surface area contributed by atoms with E-state index in [-0.39, 0.29) is 24.3 Å². The third-order valence-corrected chi connectivity index (χ3v) is 6.43. The van der Waals surface area contributed by atoms with Crippen molar-refractivity contribution in [1.82, 2.24) is 9.80 Å². The Morgan fingerprint density at radius 1 is 1.28 bits per heavy atom. The summed E-state index contributed by atoms with van der Waals surface area (Å²) in [4.78, 5) is 16.5. The largest absolute Gasteiger partial charge is 0.573 e. The summed E-state index contributed by atoms with van der Waals surface area (Å²) in [6.07, 6.45) is -0.0572. The van der Waals surface area contributed by atoms with Gasteiger partial charge in [0.05, 0.1) is 19.2 Å². The molecule has 2 heterocycles. The molecule has 1 N–H and O–H groups in total. The molecule has 1 aliphatic carbocycles. The topological polar surface area (TPSA) is 53.0 Å². The first kappa shape index (κ1) is 20.5. The highest BCUT2D eigenvalue weighted by Crippen LogP contribution is 2.54. The highest BCUT2D eigenvalue weighted by molar-refractivity contribution is 5.79. The number of halogens is 3. The number of carbonyl (C=O) groups is 1. The summed E-state index contributed by atoms with van der Waals surface area (Å²) >= 11 is 0. The fraction of sp³-hybridized carbons (Fsp3) is 0.619. The third kappa shape index (κ3) is 4.86. The van der Waals surface area contributed by atoms with Gasteiger partial charge in [-0.15, -0.1) is 13.2 Å². The Kier molecular flexibility index (Phi) is 5.75. The van der Waals surface area contributed by atoms with E-state index in [9.17, 15) is 23.1 Å². The zero-order valence-corrected chi connectivity index (χ0v) is 16.1. The van der Waals surface area contributed by atoms with Crippen molar-refractivity contribution in [3.8, 4) is 5.75 Å². The Bertz CT molecular complexity index is 730. The molecule has 1 aromatic carbocycles. The number of alkyl halides is 3. The zero-order chi connectivity index (χ0) is 20.6. The van der Waals surface area contributed by atoms with Crippen molar-refractivity contribution >= 4 is 5.91 Å². The van der Waals surface area contributed by atoms with Crippen LogP contribution in [0.1, 0.15) is 24.8 Å². The van der Waals surface area contributed by atoms with Gasteiger partial charge in [0.2, 0.25) is 5.91 Å². The number of rotatable bonds is 7. The maximum absolute atomic E-state index is 12.5. The Morgan fingerprint density at radius 2 is 2.03 bits per heavy atom. The number of fused-ring (bicyclic) bond motifs is 1. The standard InChI is InChI=1S/C21H26F3N2O3/c22-21(23,24)29-16-5-1-3-14(9-16)6-7-17-18-10-25(11-19(17)18)12-20(28)26-8-2-4-15(26)13-27/h1,3,5-6,9,15,17-19,27H,2,4,7-8,10-13H2. The number of hydrogen-bond acceptors (Lipinski definition) is 4. The first-order chi connectivity index (χ1) is 13.8. The molecule has 0 aromatic heterocycles. The fourth-order valence-electron chi connectivity index (χ4n) is 4.96. The molecule has 2 aliphatic heterocycles. The van der Waals surface area contributed by atoms with E-state index in [4.69, 9.17) is 0 Å². The maximum atomic E-state index is 12.5. The molecule has 0 spiro atoms. The van der Waals surface area contributed by atoms with Crippen LogP contribution < -0.4 is 4.74 Å². The first-order valence-corrected chi connectivity index (χ1v) is 10.2. The van der Waals surface area contributed by atoms with E-state index in [1.165, 1.54) is 12.1 Å². The third-order valence-electron chi connectivity index (χ3n) is 6.43. The SMILES string of the molecule is O=C(CN1CC2C(C[CH]c3cccc(OC(F)(F)F)c3)C2C1)N1CCCC1CO. The van der Waals surface area contributed by atoms with Crippen LogP contribution in [-0.4, -0.2) is 66.0 Å². The molecule has 2 saturated heterocycles. The summed E-state index contributed by atoms with van der Waals surface area (Å²) in [7, 11) is 0. The average molecular weight is 411 g/mol. The number of nitrogens with zero attached hydrogens (tertiary/aromatic N) is 2. The lowest BCUT2D eigenvalue weighted by molar-refractivity contribution is -0.274. The quantitative estimate of drug-likeness (QED) is 0.750. The van der Waals surface area contributed by atoms with Gasteiger partial charge in [-0.3, -0.25) is 9.69 Å². The Hall–Kier alpha value is -1.80. The summed E-state index contributed by atoms with van der Waals surface area (Å²) in [6, 6.07) is 6.02. The molecule has 0 bridgehead atoms. The number of likely N-dealkylation sites (tertiary alicyclic amines) is 2. The van der Waals surface area contributed by atoms with Gasteiger partial charge in [-0.2, -0.15) is 0 Å². The number of benzene rings is 1. The van der Waals surface area contributed by atoms with E-state index in [0.717, 1.165) is 44.5 Å². The summed E-state index contributed by atoms with van der Waals surface area (Å²) in [5.74, 6) is 1.55. The molecule has 4 rings (SSSR count). The lowest BCUT2D eigenvalue weighted by Gasteiger charge is -2.26. The molecule has 3 unspecified atom stereocenters. The molecule has 3 aliphatic rings. The number of carbonyl (C=O) groups excluding carboxylic acids is 1. The molecule has 1 amide bonds. The summed E-state index contributed by atoms with van der Waals surface area (Å²) in [5.41, 5.74) is 0.729. The van der Waals surface area contributed by atoms with Crippen LogP contribution >= 0.6 is 0 Å². The molecule has 159 valence electrons. The van der Waals surface area contributed by atoms with Gasteiger partial charge < -0.3 is 14.7 Å². The first-order valence-electron chi connectivity index (χ1n) is 10.2. The van der Waals surface area contributed by atoms with Gasteiger partial charge >= 0.3 is 6.36 Å². The molecule has 1 saturated carbocycles. The second kappa shape index (κ2) is 8.14. The summed E-state index contributed by atoms with van der Waals surface area (Å²) in [5, 5.41) is 9.38. The van der Waals surface area contributed by atoms with Crippen molar-refractivity contribution in [3.63, 3.8) is 0 Å². The van der Waals surface area contributed by atoms with Crippen LogP contribution in [0, 0.1) is 24.2 Å². The monoisotopic (exact) mass is 411 g/mol. The molecule has 29 heavy (non-hydrogen) atoms. The maximum Gasteiger partial charge on any atom is 0.573 e. The smallest absolute Gasteiger partial charge is 0.406 e. The Balaban J connectivity index is 1.20. The highest BCUT2D eigenvalue weighted by Gasteiger charge is 2.55. The van der Waals surface area contributed by atoms with Crippen molar-refractivity contribution in [3.05, 3.63) is 36.2 Å². The lowest BCUT2D eigenvalue weighted by atomic mass is 10.0. The van der Waals surface area contributed by atoms with Crippen LogP contribution in [-0.2, 0) is 4.79 Å². The van der Waals surface area contributed by atoms with Gasteiger partial charge in [0, 0.05) is 19.6 Å². The van der Waals surface area contributed by atoms with Gasteiger partial charge in [-0.1, -0.05) is 12.1 Å². The van der Waals surface area contributed by atoms with Gasteiger partial charge in [0.1, 0.15) is 5.75 Å². The Morgan fingerprint density at radius 3 is 2.72 bits per heavy atom. The normalized spacial score (nSPS) is 29.2. The predicted octanol–water partition coefficient (Wildman–Crippen LogP) is 2.69. The van der Waals surface area contributed by atoms with Crippen LogP contribution in [0.3, 0.4) is 0 Å². The second-order valence-corrected chi connectivity index (χ2v) is 8.31. The lowest BCUT2D eigenvalue weighted by Crippen LogP contribution is -2.44. The molecular weight excluding hydrogens is 385 g/mol. The van der Waals surface area contributed by atoms with Gasteiger partial charge in [-0.25, -0.2) is 0 Å². The van der Waals surface area contributed by atoms with Crippen LogP contribution in [0.5, 0.6) is 5.75 Å². The van der Waals surface area contributed by atoms with Crippen LogP contribution in [0.15, 0.2) is 24.3 Å². The van der Waals surface area contributed by atoms with E-state index < -0.39 is 6.36 Å². The highest BCUT2D eigenvalue weighted by atomic mass is 19.4. The van der Waals surface area contributed by atoms with E-state index in [1.807, 2.05) is 11.3 Å². The van der Waals surface area contributed by atoms with Gasteiger partial charge in [-0.05, 0) is 61.1 Å². The van der Waals surface area contributed by atoms with Crippen molar-refractivity contribution in [1.29, 1.82) is 0 Å². The predicted molar refractivity (Wildman–Crippen MR) is 99.9 cm³/mol. The number of ether oxygens (including phenoxy) is 1. The fourth-order valence-corrected chi connectivity index (χ4v) is 4.96. The minimum Gasteiger partial charge on any atom is -0.406 e. The number of piperidine rings is 1. The van der Waals surface area contributed by atoms with E-state index >= 15 is 0 Å². The number of amides is 1. The zero-order valence-electron chi connectivity index (χ0n) is 16.1. The van der Waals surface area contributed by atoms with Gasteiger partial charge in [0.15, 0.2) is 0 Å². The van der Waals surface area contributed by atoms with Crippen molar-refractivity contribution in [2.75, 3.05) is 32.8 Å². The van der Waals surface area contributed by atoms with Crippen LogP contribution in [0.25, 0.3) is 0 Å². The minimum absolute atomic E-state index is 0.0286. The molecule has 3 fully saturated rings. The number of aliphatic hydroxyl groups excluding tert-OH is 1. The van der Waals surface area contributed by atoms with Crippen molar-refractivity contribution in [2.24, 2.45) is 17.8 Å². The molecule has 3 atom stereocenters. The van der Waals surface area contributed by atoms with Crippen LogP contribution in [0.2, 0.25) is 0 Å².